The number of aryl methyl sites for hydroxylation is 1. The third-order valence-corrected chi connectivity index (χ3v) is 3.50. The molecule has 1 aliphatic rings. The molecule has 3 rings (SSSR count). The molecule has 1 N–H and O–H groups in total. The molecule has 1 amide bonds. The lowest BCUT2D eigenvalue weighted by atomic mass is 10.3. The van der Waals surface area contributed by atoms with E-state index in [-0.39, 0.29) is 5.91 Å². The van der Waals surface area contributed by atoms with Gasteiger partial charge in [-0.2, -0.15) is 0 Å². The molecule has 0 spiro atoms. The van der Waals surface area contributed by atoms with Gasteiger partial charge in [0, 0.05) is 17.5 Å². The molecule has 1 saturated carbocycles. The number of hydrogen-bond donors (Lipinski definition) is 1. The standard InChI is InChI=1S/C12H12N4OS/c1-7-4-13-5-9(14-7)11(17)16-12-15-10(6-18-12)8-2-3-8/h4-6,8H,2-3H2,1H3,(H,15,16,17). The Labute approximate surface area is 108 Å². The van der Waals surface area contributed by atoms with E-state index in [0.717, 1.165) is 11.4 Å². The van der Waals surface area contributed by atoms with Crippen LogP contribution in [0, 0.1) is 6.92 Å². The molecule has 92 valence electrons. The van der Waals surface area contributed by atoms with Crippen LogP contribution >= 0.6 is 11.3 Å². The van der Waals surface area contributed by atoms with E-state index in [0.29, 0.717) is 16.7 Å². The second kappa shape index (κ2) is 4.45. The molecule has 2 heterocycles. The van der Waals surface area contributed by atoms with E-state index in [1.807, 2.05) is 5.38 Å². The molecule has 0 unspecified atom stereocenters. The third kappa shape index (κ3) is 2.38. The summed E-state index contributed by atoms with van der Waals surface area (Å²) >= 11 is 1.45. The van der Waals surface area contributed by atoms with Crippen molar-refractivity contribution in [3.05, 3.63) is 34.9 Å². The highest BCUT2D eigenvalue weighted by molar-refractivity contribution is 7.14. The molecular weight excluding hydrogens is 248 g/mol. The van der Waals surface area contributed by atoms with Gasteiger partial charge in [0.05, 0.1) is 17.6 Å². The van der Waals surface area contributed by atoms with Gasteiger partial charge in [0.15, 0.2) is 5.13 Å². The highest BCUT2D eigenvalue weighted by Crippen LogP contribution is 2.40. The maximum absolute atomic E-state index is 11.9. The Morgan fingerprint density at radius 2 is 2.22 bits per heavy atom. The van der Waals surface area contributed by atoms with E-state index in [1.165, 1.54) is 30.4 Å². The average molecular weight is 260 g/mol. The van der Waals surface area contributed by atoms with Crippen molar-refractivity contribution in [1.29, 1.82) is 0 Å². The Morgan fingerprint density at radius 1 is 1.39 bits per heavy atom. The first kappa shape index (κ1) is 11.3. The van der Waals surface area contributed by atoms with Crippen LogP contribution in [0.3, 0.4) is 0 Å². The van der Waals surface area contributed by atoms with E-state index in [1.54, 1.807) is 13.1 Å². The fourth-order valence-corrected chi connectivity index (χ4v) is 2.43. The fourth-order valence-electron chi connectivity index (χ4n) is 1.64. The summed E-state index contributed by atoms with van der Waals surface area (Å²) in [5, 5.41) is 5.39. The minimum Gasteiger partial charge on any atom is -0.296 e. The highest BCUT2D eigenvalue weighted by Gasteiger charge is 2.26. The zero-order valence-corrected chi connectivity index (χ0v) is 10.7. The summed E-state index contributed by atoms with van der Waals surface area (Å²) in [6, 6.07) is 0. The Hall–Kier alpha value is -1.82. The second-order valence-corrected chi connectivity index (χ2v) is 5.21. The van der Waals surface area contributed by atoms with Crippen molar-refractivity contribution in [1.82, 2.24) is 15.0 Å². The molecule has 2 aromatic rings. The third-order valence-electron chi connectivity index (χ3n) is 2.73. The SMILES string of the molecule is Cc1cncc(C(=O)Nc2nc(C3CC3)cs2)n1. The molecule has 0 saturated heterocycles. The molecular formula is C12H12N4OS. The number of anilines is 1. The highest BCUT2D eigenvalue weighted by atomic mass is 32.1. The monoisotopic (exact) mass is 260 g/mol. The average Bonchev–Trinajstić information content (AvgIpc) is 3.11. The van der Waals surface area contributed by atoms with Gasteiger partial charge in [-0.05, 0) is 19.8 Å². The lowest BCUT2D eigenvalue weighted by molar-refractivity contribution is 0.102. The van der Waals surface area contributed by atoms with Gasteiger partial charge in [-0.25, -0.2) is 9.97 Å². The number of nitrogens with one attached hydrogen (secondary N) is 1. The van der Waals surface area contributed by atoms with Gasteiger partial charge >= 0.3 is 0 Å². The topological polar surface area (TPSA) is 67.8 Å². The summed E-state index contributed by atoms with van der Waals surface area (Å²) in [6.45, 7) is 1.80. The van der Waals surface area contributed by atoms with E-state index in [4.69, 9.17) is 0 Å². The van der Waals surface area contributed by atoms with Gasteiger partial charge in [-0.1, -0.05) is 0 Å². The van der Waals surface area contributed by atoms with Crippen molar-refractivity contribution >= 4 is 22.4 Å². The van der Waals surface area contributed by atoms with E-state index < -0.39 is 0 Å². The van der Waals surface area contributed by atoms with Crippen LogP contribution in [0.15, 0.2) is 17.8 Å². The molecule has 5 nitrogen and oxygen atoms in total. The van der Waals surface area contributed by atoms with E-state index in [9.17, 15) is 4.79 Å². The summed E-state index contributed by atoms with van der Waals surface area (Å²) in [4.78, 5) is 24.4. The number of carbonyl (C=O) groups is 1. The quantitative estimate of drug-likeness (QED) is 0.920. The molecule has 2 aromatic heterocycles. The molecule has 0 atom stereocenters. The van der Waals surface area contributed by atoms with Crippen LogP contribution in [0.2, 0.25) is 0 Å². The maximum atomic E-state index is 11.9. The predicted octanol–water partition coefficient (Wildman–Crippen LogP) is 2.37. The minimum atomic E-state index is -0.261. The predicted molar refractivity (Wildman–Crippen MR) is 68.8 cm³/mol. The number of nitrogens with zero attached hydrogens (tertiary/aromatic N) is 3. The zero-order chi connectivity index (χ0) is 12.5. The Balaban J connectivity index is 1.73. The maximum Gasteiger partial charge on any atom is 0.277 e. The van der Waals surface area contributed by atoms with Crippen molar-refractivity contribution in [3.63, 3.8) is 0 Å². The minimum absolute atomic E-state index is 0.261. The van der Waals surface area contributed by atoms with Crippen LogP contribution in [-0.4, -0.2) is 20.9 Å². The summed E-state index contributed by atoms with van der Waals surface area (Å²) in [5.74, 6) is 0.341. The van der Waals surface area contributed by atoms with E-state index in [2.05, 4.69) is 20.3 Å². The molecule has 0 bridgehead atoms. The van der Waals surface area contributed by atoms with Gasteiger partial charge in [-0.3, -0.25) is 15.1 Å². The van der Waals surface area contributed by atoms with Gasteiger partial charge in [-0.15, -0.1) is 11.3 Å². The fraction of sp³-hybridized carbons (Fsp3) is 0.333. The Kier molecular flexibility index (Phi) is 2.79. The van der Waals surface area contributed by atoms with Crippen LogP contribution in [0.5, 0.6) is 0 Å². The molecule has 18 heavy (non-hydrogen) atoms. The van der Waals surface area contributed by atoms with Crippen LogP contribution < -0.4 is 5.32 Å². The molecule has 1 fully saturated rings. The summed E-state index contributed by atoms with van der Waals surface area (Å²) in [5.41, 5.74) is 2.13. The normalized spacial score (nSPS) is 14.5. The van der Waals surface area contributed by atoms with Crippen molar-refractivity contribution in [3.8, 4) is 0 Å². The molecule has 0 aromatic carbocycles. The van der Waals surface area contributed by atoms with Crippen LogP contribution in [-0.2, 0) is 0 Å². The van der Waals surface area contributed by atoms with Crippen LogP contribution in [0.1, 0.15) is 40.6 Å². The Morgan fingerprint density at radius 3 is 2.94 bits per heavy atom. The number of thiazole rings is 1. The zero-order valence-electron chi connectivity index (χ0n) is 9.88. The lowest BCUT2D eigenvalue weighted by Gasteiger charge is -2.00. The molecule has 1 aliphatic carbocycles. The van der Waals surface area contributed by atoms with Crippen molar-refractivity contribution in [2.75, 3.05) is 5.32 Å². The number of amides is 1. The van der Waals surface area contributed by atoms with E-state index >= 15 is 0 Å². The second-order valence-electron chi connectivity index (χ2n) is 4.35. The van der Waals surface area contributed by atoms with Crippen LogP contribution in [0.4, 0.5) is 5.13 Å². The summed E-state index contributed by atoms with van der Waals surface area (Å²) in [6.07, 6.45) is 5.49. The smallest absolute Gasteiger partial charge is 0.277 e. The molecule has 0 aliphatic heterocycles. The molecule has 6 heteroatoms. The van der Waals surface area contributed by atoms with Crippen molar-refractivity contribution in [2.45, 2.75) is 25.7 Å². The first-order chi connectivity index (χ1) is 8.72. The number of rotatable bonds is 3. The van der Waals surface area contributed by atoms with Crippen molar-refractivity contribution < 1.29 is 4.79 Å². The first-order valence-corrected chi connectivity index (χ1v) is 6.66. The number of hydrogen-bond acceptors (Lipinski definition) is 5. The lowest BCUT2D eigenvalue weighted by Crippen LogP contribution is -2.14. The summed E-state index contributed by atoms with van der Waals surface area (Å²) < 4.78 is 0. The number of carbonyl (C=O) groups excluding carboxylic acids is 1. The van der Waals surface area contributed by atoms with Gasteiger partial charge < -0.3 is 0 Å². The Bertz CT molecular complexity index is 591. The van der Waals surface area contributed by atoms with Crippen molar-refractivity contribution in [2.24, 2.45) is 0 Å². The van der Waals surface area contributed by atoms with Gasteiger partial charge in [0.25, 0.3) is 5.91 Å². The summed E-state index contributed by atoms with van der Waals surface area (Å²) in [7, 11) is 0. The molecule has 0 radical (unpaired) electrons. The number of aromatic nitrogens is 3. The van der Waals surface area contributed by atoms with Crippen LogP contribution in [0.25, 0.3) is 0 Å². The van der Waals surface area contributed by atoms with Gasteiger partial charge in [0.1, 0.15) is 5.69 Å². The first-order valence-electron chi connectivity index (χ1n) is 5.78. The largest absolute Gasteiger partial charge is 0.296 e. The van der Waals surface area contributed by atoms with Gasteiger partial charge in [0.2, 0.25) is 0 Å².